The Balaban J connectivity index is 3.08. The molecule has 0 unspecified atom stereocenters. The molecule has 1 rings (SSSR count). The maximum absolute atomic E-state index is 5.90. The molecular formula is C9H8Cl3N. The van der Waals surface area contributed by atoms with Crippen LogP contribution in [0.15, 0.2) is 18.2 Å². The average molecular weight is 237 g/mol. The van der Waals surface area contributed by atoms with Crippen molar-refractivity contribution in [2.45, 2.75) is 0 Å². The third kappa shape index (κ3) is 2.89. The van der Waals surface area contributed by atoms with Crippen molar-refractivity contribution in [3.8, 4) is 0 Å². The summed E-state index contributed by atoms with van der Waals surface area (Å²) in [5.74, 6) is 0. The molecule has 1 nitrogen and oxygen atoms in total. The van der Waals surface area contributed by atoms with E-state index in [1.54, 1.807) is 18.2 Å². The Labute approximate surface area is 92.1 Å². The van der Waals surface area contributed by atoms with E-state index in [9.17, 15) is 0 Å². The first-order valence-electron chi connectivity index (χ1n) is 3.66. The van der Waals surface area contributed by atoms with E-state index in [-0.39, 0.29) is 0 Å². The Kier molecular flexibility index (Phi) is 4.07. The van der Waals surface area contributed by atoms with E-state index in [4.69, 9.17) is 40.5 Å². The van der Waals surface area contributed by atoms with Crippen molar-refractivity contribution in [3.05, 3.63) is 38.8 Å². The van der Waals surface area contributed by atoms with E-state index < -0.39 is 0 Å². The minimum atomic E-state index is 0.455. The fraction of sp³-hybridized carbons (Fsp3) is 0.111. The monoisotopic (exact) mass is 235 g/mol. The van der Waals surface area contributed by atoms with E-state index in [0.29, 0.717) is 21.6 Å². The zero-order valence-corrected chi connectivity index (χ0v) is 9.00. The standard InChI is InChI=1S/C9H8Cl3N/c10-7-5-9(12)8(11)4-6(7)2-1-3-13/h1-2,4-5H,3,13H2. The van der Waals surface area contributed by atoms with Crippen LogP contribution in [0.4, 0.5) is 0 Å². The molecule has 0 saturated heterocycles. The van der Waals surface area contributed by atoms with Gasteiger partial charge in [0, 0.05) is 11.6 Å². The van der Waals surface area contributed by atoms with Crippen molar-refractivity contribution in [2.75, 3.05) is 6.54 Å². The minimum absolute atomic E-state index is 0.455. The highest BCUT2D eigenvalue weighted by atomic mass is 35.5. The predicted molar refractivity (Wildman–Crippen MR) is 59.6 cm³/mol. The molecule has 4 heteroatoms. The second kappa shape index (κ2) is 4.87. The van der Waals surface area contributed by atoms with E-state index in [1.807, 2.05) is 6.08 Å². The smallest absolute Gasteiger partial charge is 0.0607 e. The number of hydrogen-bond donors (Lipinski definition) is 1. The van der Waals surface area contributed by atoms with Crippen molar-refractivity contribution >= 4 is 40.9 Å². The highest BCUT2D eigenvalue weighted by Gasteiger charge is 2.02. The van der Waals surface area contributed by atoms with Gasteiger partial charge in [0.25, 0.3) is 0 Å². The second-order valence-corrected chi connectivity index (χ2v) is 3.65. The molecule has 0 radical (unpaired) electrons. The molecule has 0 heterocycles. The molecule has 0 amide bonds. The molecule has 70 valence electrons. The number of rotatable bonds is 2. The predicted octanol–water partition coefficient (Wildman–Crippen LogP) is 3.62. The summed E-state index contributed by atoms with van der Waals surface area (Å²) < 4.78 is 0. The molecule has 0 atom stereocenters. The normalized spacial score (nSPS) is 11.1. The lowest BCUT2D eigenvalue weighted by Crippen LogP contribution is -1.92. The first-order valence-corrected chi connectivity index (χ1v) is 4.79. The molecule has 0 aliphatic carbocycles. The lowest BCUT2D eigenvalue weighted by molar-refractivity contribution is 1.26. The Morgan fingerprint density at radius 2 is 1.69 bits per heavy atom. The van der Waals surface area contributed by atoms with Gasteiger partial charge in [-0.1, -0.05) is 47.0 Å². The molecule has 0 saturated carbocycles. The quantitative estimate of drug-likeness (QED) is 0.780. The van der Waals surface area contributed by atoms with Gasteiger partial charge in [-0.15, -0.1) is 0 Å². The van der Waals surface area contributed by atoms with Crippen molar-refractivity contribution in [1.29, 1.82) is 0 Å². The molecule has 0 spiro atoms. The highest BCUT2D eigenvalue weighted by Crippen LogP contribution is 2.29. The lowest BCUT2D eigenvalue weighted by Gasteiger charge is -2.01. The van der Waals surface area contributed by atoms with Crippen LogP contribution in [0, 0.1) is 0 Å². The van der Waals surface area contributed by atoms with Gasteiger partial charge in [0.1, 0.15) is 0 Å². The summed E-state index contributed by atoms with van der Waals surface area (Å²) in [7, 11) is 0. The van der Waals surface area contributed by atoms with Gasteiger partial charge in [0.15, 0.2) is 0 Å². The summed E-state index contributed by atoms with van der Waals surface area (Å²) in [6.07, 6.45) is 3.61. The van der Waals surface area contributed by atoms with Gasteiger partial charge in [-0.3, -0.25) is 0 Å². The number of nitrogens with two attached hydrogens (primary N) is 1. The maximum Gasteiger partial charge on any atom is 0.0607 e. The van der Waals surface area contributed by atoms with Crippen LogP contribution in [0.3, 0.4) is 0 Å². The van der Waals surface area contributed by atoms with Gasteiger partial charge in [-0.05, 0) is 17.7 Å². The Bertz CT molecular complexity index is 334. The third-order valence-electron chi connectivity index (χ3n) is 1.47. The average Bonchev–Trinajstić information content (AvgIpc) is 2.09. The van der Waals surface area contributed by atoms with E-state index in [0.717, 1.165) is 5.56 Å². The summed E-state index contributed by atoms with van der Waals surface area (Å²) in [4.78, 5) is 0. The molecule has 0 fully saturated rings. The van der Waals surface area contributed by atoms with Gasteiger partial charge in [-0.25, -0.2) is 0 Å². The second-order valence-electron chi connectivity index (χ2n) is 2.43. The first kappa shape index (κ1) is 10.9. The zero-order chi connectivity index (χ0) is 9.84. The van der Waals surface area contributed by atoms with Crippen LogP contribution in [0.2, 0.25) is 15.1 Å². The summed E-state index contributed by atoms with van der Waals surface area (Å²) in [6, 6.07) is 3.32. The molecule has 0 aromatic heterocycles. The topological polar surface area (TPSA) is 26.0 Å². The summed E-state index contributed by atoms with van der Waals surface area (Å²) >= 11 is 17.5. The maximum atomic E-state index is 5.90. The molecule has 0 aliphatic rings. The van der Waals surface area contributed by atoms with Crippen LogP contribution in [0.5, 0.6) is 0 Å². The molecule has 0 aliphatic heterocycles. The molecular weight excluding hydrogens is 228 g/mol. The molecule has 1 aromatic rings. The SMILES string of the molecule is NCC=Cc1cc(Cl)c(Cl)cc1Cl. The fourth-order valence-electron chi connectivity index (χ4n) is 0.861. The number of hydrogen-bond acceptors (Lipinski definition) is 1. The van der Waals surface area contributed by atoms with E-state index >= 15 is 0 Å². The van der Waals surface area contributed by atoms with Crippen LogP contribution in [0.1, 0.15) is 5.56 Å². The van der Waals surface area contributed by atoms with Gasteiger partial charge in [0.05, 0.1) is 10.0 Å². The van der Waals surface area contributed by atoms with Crippen LogP contribution in [0.25, 0.3) is 6.08 Å². The summed E-state index contributed by atoms with van der Waals surface area (Å²) in [6.45, 7) is 0.469. The Hall–Kier alpha value is -0.210. The Morgan fingerprint density at radius 1 is 1.08 bits per heavy atom. The number of benzene rings is 1. The largest absolute Gasteiger partial charge is 0.327 e. The van der Waals surface area contributed by atoms with E-state index in [1.165, 1.54) is 0 Å². The van der Waals surface area contributed by atoms with Gasteiger partial charge < -0.3 is 5.73 Å². The highest BCUT2D eigenvalue weighted by molar-refractivity contribution is 6.43. The van der Waals surface area contributed by atoms with E-state index in [2.05, 4.69) is 0 Å². The minimum Gasteiger partial charge on any atom is -0.327 e. The molecule has 0 bridgehead atoms. The van der Waals surface area contributed by atoms with Crippen LogP contribution >= 0.6 is 34.8 Å². The first-order chi connectivity index (χ1) is 6.15. The van der Waals surface area contributed by atoms with Crippen molar-refractivity contribution in [3.63, 3.8) is 0 Å². The van der Waals surface area contributed by atoms with Gasteiger partial charge >= 0.3 is 0 Å². The number of halogens is 3. The molecule has 2 N–H and O–H groups in total. The molecule has 1 aromatic carbocycles. The lowest BCUT2D eigenvalue weighted by atomic mass is 10.2. The van der Waals surface area contributed by atoms with Crippen molar-refractivity contribution in [1.82, 2.24) is 0 Å². The Morgan fingerprint density at radius 3 is 2.31 bits per heavy atom. The van der Waals surface area contributed by atoms with Crippen LogP contribution < -0.4 is 5.73 Å². The third-order valence-corrected chi connectivity index (χ3v) is 2.52. The molecule has 13 heavy (non-hydrogen) atoms. The van der Waals surface area contributed by atoms with Crippen LogP contribution in [-0.2, 0) is 0 Å². The fourth-order valence-corrected chi connectivity index (χ4v) is 1.48. The zero-order valence-electron chi connectivity index (χ0n) is 6.73. The summed E-state index contributed by atoms with van der Waals surface area (Å²) in [5.41, 5.74) is 6.13. The van der Waals surface area contributed by atoms with Crippen molar-refractivity contribution < 1.29 is 0 Å². The van der Waals surface area contributed by atoms with Crippen molar-refractivity contribution in [2.24, 2.45) is 5.73 Å². The van der Waals surface area contributed by atoms with Crippen LogP contribution in [-0.4, -0.2) is 6.54 Å². The summed E-state index contributed by atoms with van der Waals surface area (Å²) in [5, 5.41) is 1.51. The van der Waals surface area contributed by atoms with Gasteiger partial charge in [-0.2, -0.15) is 0 Å². The van der Waals surface area contributed by atoms with Gasteiger partial charge in [0.2, 0.25) is 0 Å².